The van der Waals surface area contributed by atoms with Gasteiger partial charge in [-0.1, -0.05) is 44.2 Å². The highest BCUT2D eigenvalue weighted by Crippen LogP contribution is 2.61. The lowest BCUT2D eigenvalue weighted by Gasteiger charge is -2.19. The fourth-order valence-electron chi connectivity index (χ4n) is 6.92. The van der Waals surface area contributed by atoms with E-state index in [1.54, 1.807) is 0 Å². The highest BCUT2D eigenvalue weighted by molar-refractivity contribution is 5.80. The second-order valence-electron chi connectivity index (χ2n) is 11.4. The maximum Gasteiger partial charge on any atom is 0.307 e. The third kappa shape index (κ3) is 3.13. The maximum absolute atomic E-state index is 11.4. The number of ether oxygens (including phenoxy) is 1. The number of para-hydroxylation sites is 1. The van der Waals surface area contributed by atoms with Gasteiger partial charge in [-0.05, 0) is 63.6 Å². The van der Waals surface area contributed by atoms with Gasteiger partial charge in [0.15, 0.2) is 0 Å². The molecule has 36 heavy (non-hydrogen) atoms. The number of carboxylic acid groups (broad SMARTS) is 1. The Morgan fingerprint density at radius 3 is 2.83 bits per heavy atom. The number of hydrogen-bond donors (Lipinski definition) is 1. The maximum atomic E-state index is 11.4. The Hall–Kier alpha value is -3.67. The van der Waals surface area contributed by atoms with Crippen molar-refractivity contribution < 1.29 is 14.6 Å². The first-order valence-electron chi connectivity index (χ1n) is 12.7. The highest BCUT2D eigenvalue weighted by atomic mass is 16.5. The first-order valence-corrected chi connectivity index (χ1v) is 12.7. The number of aliphatic carboxylic acids is 1. The molecule has 0 bridgehead atoms. The number of rotatable bonds is 5. The fraction of sp³-hybridized carbons (Fsp3) is 0.367. The molecule has 7 rings (SSSR count). The standard InChI is InChI=1S/C30H29N3O3/c1-30(2)12-21(18-5-4-6-24-28(18)32-15-33(24)3)19-9-16(7-8-23(19)30)14-36-25-11-17-10-20-26(22(17)13-31-25)27(20)29(34)35/h4-9,11,13,15,20-21,26-27H,10,12,14H2,1-3H3,(H,34,35)/t20-,21-,26-,27+/m1/s1. The molecule has 2 aromatic carbocycles. The van der Waals surface area contributed by atoms with Crippen molar-refractivity contribution in [2.75, 3.05) is 0 Å². The second-order valence-corrected chi connectivity index (χ2v) is 11.4. The summed E-state index contributed by atoms with van der Waals surface area (Å²) in [6.07, 6.45) is 5.58. The summed E-state index contributed by atoms with van der Waals surface area (Å²) in [6, 6.07) is 15.2. The molecular formula is C30H29N3O3. The molecule has 2 aromatic heterocycles. The summed E-state index contributed by atoms with van der Waals surface area (Å²) >= 11 is 0. The van der Waals surface area contributed by atoms with Gasteiger partial charge in [0.1, 0.15) is 6.61 Å². The zero-order valence-electron chi connectivity index (χ0n) is 20.7. The van der Waals surface area contributed by atoms with Crippen LogP contribution >= 0.6 is 0 Å². The number of hydrogen-bond acceptors (Lipinski definition) is 4. The molecule has 2 heterocycles. The van der Waals surface area contributed by atoms with E-state index in [1.165, 1.54) is 22.3 Å². The molecule has 0 aliphatic heterocycles. The summed E-state index contributed by atoms with van der Waals surface area (Å²) in [5.74, 6) is 0.354. The van der Waals surface area contributed by atoms with Crippen molar-refractivity contribution in [1.82, 2.24) is 14.5 Å². The van der Waals surface area contributed by atoms with Gasteiger partial charge in [-0.2, -0.15) is 0 Å². The SMILES string of the molecule is Cn1cnc2c([C@H]3CC(C)(C)c4ccc(COc5cc6c(cn5)[C@H]5[C@@H](C6)[C@@H]5C(=O)O)cc43)cccc21. The molecule has 6 nitrogen and oxygen atoms in total. The van der Waals surface area contributed by atoms with Gasteiger partial charge in [0.2, 0.25) is 5.88 Å². The van der Waals surface area contributed by atoms with E-state index >= 15 is 0 Å². The quantitative estimate of drug-likeness (QED) is 0.419. The molecular weight excluding hydrogens is 450 g/mol. The topological polar surface area (TPSA) is 77.2 Å². The molecule has 0 saturated heterocycles. The average Bonchev–Trinajstić information content (AvgIpc) is 3.11. The summed E-state index contributed by atoms with van der Waals surface area (Å²) in [5, 5.41) is 9.34. The molecule has 0 radical (unpaired) electrons. The number of aromatic nitrogens is 3. The fourth-order valence-corrected chi connectivity index (χ4v) is 6.92. The molecule has 1 saturated carbocycles. The Balaban J connectivity index is 1.15. The zero-order valence-corrected chi connectivity index (χ0v) is 20.7. The van der Waals surface area contributed by atoms with Crippen molar-refractivity contribution in [2.24, 2.45) is 18.9 Å². The largest absolute Gasteiger partial charge is 0.481 e. The van der Waals surface area contributed by atoms with Crippen molar-refractivity contribution >= 4 is 17.0 Å². The van der Waals surface area contributed by atoms with Gasteiger partial charge in [-0.3, -0.25) is 4.79 Å². The van der Waals surface area contributed by atoms with E-state index in [4.69, 9.17) is 9.72 Å². The number of carbonyl (C=O) groups is 1. The van der Waals surface area contributed by atoms with Crippen LogP contribution in [0.25, 0.3) is 11.0 Å². The van der Waals surface area contributed by atoms with Gasteiger partial charge in [0, 0.05) is 31.1 Å². The number of aryl methyl sites for hydroxylation is 1. The van der Waals surface area contributed by atoms with E-state index < -0.39 is 5.97 Å². The first kappa shape index (κ1) is 21.6. The molecule has 6 heteroatoms. The summed E-state index contributed by atoms with van der Waals surface area (Å²) in [6.45, 7) is 5.10. The number of nitrogens with zero attached hydrogens (tertiary/aromatic N) is 3. The minimum absolute atomic E-state index is 0.0898. The van der Waals surface area contributed by atoms with E-state index in [2.05, 4.69) is 59.8 Å². The van der Waals surface area contributed by atoms with Crippen molar-refractivity contribution in [3.8, 4) is 5.88 Å². The molecule has 4 aromatic rings. The van der Waals surface area contributed by atoms with Gasteiger partial charge in [-0.25, -0.2) is 9.97 Å². The van der Waals surface area contributed by atoms with Gasteiger partial charge in [0.25, 0.3) is 0 Å². The van der Waals surface area contributed by atoms with Gasteiger partial charge < -0.3 is 14.4 Å². The molecule has 182 valence electrons. The summed E-state index contributed by atoms with van der Waals surface area (Å²) < 4.78 is 8.21. The van der Waals surface area contributed by atoms with Crippen molar-refractivity contribution in [2.45, 2.75) is 50.5 Å². The van der Waals surface area contributed by atoms with Gasteiger partial charge >= 0.3 is 5.97 Å². The molecule has 0 amide bonds. The van der Waals surface area contributed by atoms with Crippen LogP contribution in [0.3, 0.4) is 0 Å². The van der Waals surface area contributed by atoms with Crippen LogP contribution in [0.4, 0.5) is 0 Å². The molecule has 3 aliphatic rings. The van der Waals surface area contributed by atoms with Crippen LogP contribution in [-0.2, 0) is 30.3 Å². The van der Waals surface area contributed by atoms with E-state index in [0.29, 0.717) is 18.4 Å². The van der Waals surface area contributed by atoms with E-state index in [1.807, 2.05) is 25.6 Å². The molecule has 4 atom stereocenters. The smallest absolute Gasteiger partial charge is 0.307 e. The van der Waals surface area contributed by atoms with Crippen LogP contribution in [0, 0.1) is 11.8 Å². The predicted molar refractivity (Wildman–Crippen MR) is 136 cm³/mol. The van der Waals surface area contributed by atoms with Crippen LogP contribution < -0.4 is 4.74 Å². The number of carboxylic acids is 1. The molecule has 1 fully saturated rings. The Bertz CT molecular complexity index is 1550. The highest BCUT2D eigenvalue weighted by Gasteiger charge is 2.60. The van der Waals surface area contributed by atoms with Crippen LogP contribution in [-0.4, -0.2) is 25.6 Å². The third-order valence-corrected chi connectivity index (χ3v) is 8.75. The number of pyridine rings is 1. The lowest BCUT2D eigenvalue weighted by Crippen LogP contribution is -2.12. The van der Waals surface area contributed by atoms with Crippen LogP contribution in [0.2, 0.25) is 0 Å². The Morgan fingerprint density at radius 1 is 1.14 bits per heavy atom. The minimum Gasteiger partial charge on any atom is -0.481 e. The number of imidazole rings is 1. The average molecular weight is 480 g/mol. The zero-order chi connectivity index (χ0) is 24.8. The monoisotopic (exact) mass is 479 g/mol. The Labute approximate surface area is 210 Å². The predicted octanol–water partition coefficient (Wildman–Crippen LogP) is 5.33. The molecule has 3 aliphatic carbocycles. The summed E-state index contributed by atoms with van der Waals surface area (Å²) in [7, 11) is 2.04. The van der Waals surface area contributed by atoms with Crippen LogP contribution in [0.1, 0.15) is 65.5 Å². The first-order chi connectivity index (χ1) is 17.3. The normalized spacial score (nSPS) is 24.9. The second kappa shape index (κ2) is 7.42. The van der Waals surface area contributed by atoms with Crippen LogP contribution in [0.5, 0.6) is 5.88 Å². The number of fused-ring (bicyclic) bond motifs is 5. The van der Waals surface area contributed by atoms with Gasteiger partial charge in [0.05, 0.1) is 23.3 Å². The van der Waals surface area contributed by atoms with Crippen molar-refractivity contribution in [3.63, 3.8) is 0 Å². The molecule has 0 spiro atoms. The molecule has 1 N–H and O–H groups in total. The summed E-state index contributed by atoms with van der Waals surface area (Å²) in [5.41, 5.74) is 9.78. The Kier molecular flexibility index (Phi) is 4.45. The van der Waals surface area contributed by atoms with E-state index in [9.17, 15) is 9.90 Å². The number of benzene rings is 2. The Morgan fingerprint density at radius 2 is 2.00 bits per heavy atom. The lowest BCUT2D eigenvalue weighted by atomic mass is 9.85. The molecule has 0 unspecified atom stereocenters. The van der Waals surface area contributed by atoms with Crippen molar-refractivity contribution in [3.05, 3.63) is 88.4 Å². The van der Waals surface area contributed by atoms with Gasteiger partial charge in [-0.15, -0.1) is 0 Å². The third-order valence-electron chi connectivity index (χ3n) is 8.75. The van der Waals surface area contributed by atoms with Crippen LogP contribution in [0.15, 0.2) is 55.0 Å². The lowest BCUT2D eigenvalue weighted by molar-refractivity contribution is -0.139. The van der Waals surface area contributed by atoms with E-state index in [-0.39, 0.29) is 23.2 Å². The van der Waals surface area contributed by atoms with Crippen molar-refractivity contribution in [1.29, 1.82) is 0 Å². The minimum atomic E-state index is -0.687. The van der Waals surface area contributed by atoms with E-state index in [0.717, 1.165) is 35.0 Å². The summed E-state index contributed by atoms with van der Waals surface area (Å²) in [4.78, 5) is 20.6.